The zero-order valence-corrected chi connectivity index (χ0v) is 71.5. The van der Waals surface area contributed by atoms with Crippen LogP contribution in [0.3, 0.4) is 0 Å². The molecule has 3 N–H and O–H groups in total. The van der Waals surface area contributed by atoms with Crippen molar-refractivity contribution in [2.75, 3.05) is 39.6 Å². The third-order valence-corrected chi connectivity index (χ3v) is 22.7. The SMILES string of the molecule is CCCCCCCCCCCCCCCCCCCCCCCC(=O)O[C@H](COC(=O)CCCCCCCCCCCCCCCCCCC(C)C)COP(=O)(O)OC[C@@H](O)COP(=O)(O)OC[C@@H](COC(=O)CCCCCCCCCC)OC(=O)CCCCCCCCCCCCCCCCC(C)CC. The molecular weight excluding hydrogens is 1380 g/mol. The summed E-state index contributed by atoms with van der Waals surface area (Å²) in [5, 5.41) is 10.7. The van der Waals surface area contributed by atoms with E-state index in [0.717, 1.165) is 108 Å². The van der Waals surface area contributed by atoms with E-state index in [2.05, 4.69) is 41.5 Å². The summed E-state index contributed by atoms with van der Waals surface area (Å²) in [6.07, 6.45) is 70.9. The van der Waals surface area contributed by atoms with Crippen LogP contribution in [0.1, 0.15) is 465 Å². The minimum absolute atomic E-state index is 0.108. The van der Waals surface area contributed by atoms with Crippen LogP contribution in [-0.2, 0) is 65.4 Å². The van der Waals surface area contributed by atoms with Gasteiger partial charge < -0.3 is 33.8 Å². The highest BCUT2D eigenvalue weighted by atomic mass is 31.2. The number of aliphatic hydroxyl groups excluding tert-OH is 1. The molecule has 0 aromatic heterocycles. The van der Waals surface area contributed by atoms with Gasteiger partial charge in [-0.1, -0.05) is 414 Å². The minimum Gasteiger partial charge on any atom is -0.462 e. The zero-order chi connectivity index (χ0) is 77.8. The van der Waals surface area contributed by atoms with E-state index < -0.39 is 97.5 Å². The number of carbonyl (C=O) groups excluding carboxylic acids is 4. The lowest BCUT2D eigenvalue weighted by Crippen LogP contribution is -2.30. The molecule has 0 aliphatic rings. The van der Waals surface area contributed by atoms with Gasteiger partial charge in [0, 0.05) is 25.7 Å². The van der Waals surface area contributed by atoms with Crippen molar-refractivity contribution in [2.45, 2.75) is 484 Å². The molecule has 0 aromatic carbocycles. The van der Waals surface area contributed by atoms with Crippen molar-refractivity contribution >= 4 is 39.5 Å². The fourth-order valence-corrected chi connectivity index (χ4v) is 15.1. The molecule has 0 spiro atoms. The van der Waals surface area contributed by atoms with Crippen molar-refractivity contribution in [1.82, 2.24) is 0 Å². The number of phosphoric ester groups is 2. The summed E-state index contributed by atoms with van der Waals surface area (Å²) in [5.41, 5.74) is 0. The van der Waals surface area contributed by atoms with Gasteiger partial charge in [0.05, 0.1) is 26.4 Å². The molecule has 0 heterocycles. The van der Waals surface area contributed by atoms with Gasteiger partial charge in [-0.15, -0.1) is 0 Å². The molecule has 630 valence electrons. The second kappa shape index (κ2) is 78.3. The van der Waals surface area contributed by atoms with Crippen molar-refractivity contribution in [3.8, 4) is 0 Å². The fourth-order valence-electron chi connectivity index (χ4n) is 13.6. The van der Waals surface area contributed by atoms with Crippen LogP contribution in [-0.4, -0.2) is 96.7 Å². The monoisotopic (exact) mass is 1550 g/mol. The molecule has 0 aliphatic carbocycles. The first-order valence-electron chi connectivity index (χ1n) is 45.0. The maximum Gasteiger partial charge on any atom is 0.472 e. The van der Waals surface area contributed by atoms with E-state index in [4.69, 9.17) is 37.0 Å². The highest BCUT2D eigenvalue weighted by Crippen LogP contribution is 2.45. The summed E-state index contributed by atoms with van der Waals surface area (Å²) in [7, 11) is -9.93. The van der Waals surface area contributed by atoms with Crippen molar-refractivity contribution in [2.24, 2.45) is 11.8 Å². The standard InChI is InChI=1S/C87H170O17P2/c1-7-10-12-14-16-18-19-20-21-22-23-24-25-26-31-37-42-47-53-59-65-71-87(92)104-83(76-98-85(90)70-64-58-52-46-41-36-30-28-27-29-34-39-44-49-55-61-67-79(4)5)78-102-106(95,96)100-74-81(88)73-99-105(93,94)101-77-82(75-97-84(89)69-63-57-51-17-15-13-11-8-2)103-86(91)72-66-60-54-48-43-38-33-32-35-40-45-50-56-62-68-80(6)9-3/h79-83,88H,7-78H2,1-6H3,(H,93,94)(H,95,96)/t80?,81-,82+,83+/m0/s1. The van der Waals surface area contributed by atoms with E-state index in [1.807, 2.05) is 0 Å². The minimum atomic E-state index is -4.97. The quantitative estimate of drug-likeness (QED) is 0.0222. The first-order chi connectivity index (χ1) is 51.4. The number of ether oxygens (including phenoxy) is 4. The van der Waals surface area contributed by atoms with Gasteiger partial charge in [0.25, 0.3) is 0 Å². The van der Waals surface area contributed by atoms with Crippen molar-refractivity contribution < 1.29 is 80.2 Å². The fraction of sp³-hybridized carbons (Fsp3) is 0.954. The first-order valence-corrected chi connectivity index (χ1v) is 48.0. The van der Waals surface area contributed by atoms with Crippen LogP contribution in [0.5, 0.6) is 0 Å². The van der Waals surface area contributed by atoms with E-state index in [1.165, 1.54) is 276 Å². The topological polar surface area (TPSA) is 237 Å². The average Bonchev–Trinajstić information content (AvgIpc) is 0.904. The number of rotatable bonds is 86. The third-order valence-electron chi connectivity index (χ3n) is 20.8. The van der Waals surface area contributed by atoms with E-state index in [9.17, 15) is 43.2 Å². The van der Waals surface area contributed by atoms with Crippen LogP contribution in [0, 0.1) is 11.8 Å². The molecule has 3 unspecified atom stereocenters. The molecule has 0 radical (unpaired) electrons. The lowest BCUT2D eigenvalue weighted by Gasteiger charge is -2.21. The maximum atomic E-state index is 13.1. The predicted molar refractivity (Wildman–Crippen MR) is 437 cm³/mol. The Labute approximate surface area is 651 Å². The summed E-state index contributed by atoms with van der Waals surface area (Å²) < 4.78 is 68.8. The van der Waals surface area contributed by atoms with Crippen LogP contribution < -0.4 is 0 Å². The van der Waals surface area contributed by atoms with Gasteiger partial charge in [0.1, 0.15) is 19.3 Å². The number of esters is 4. The summed E-state index contributed by atoms with van der Waals surface area (Å²) in [4.78, 5) is 73.2. The Morgan fingerprint density at radius 1 is 0.274 bits per heavy atom. The Kier molecular flexibility index (Phi) is 76.9. The van der Waals surface area contributed by atoms with E-state index >= 15 is 0 Å². The number of hydrogen-bond acceptors (Lipinski definition) is 15. The van der Waals surface area contributed by atoms with E-state index in [-0.39, 0.29) is 25.7 Å². The average molecular weight is 1550 g/mol. The Balaban J connectivity index is 5.18. The highest BCUT2D eigenvalue weighted by molar-refractivity contribution is 7.47. The van der Waals surface area contributed by atoms with Gasteiger partial charge in [-0.25, -0.2) is 9.13 Å². The van der Waals surface area contributed by atoms with Gasteiger partial charge in [-0.2, -0.15) is 0 Å². The number of carbonyl (C=O) groups is 4. The highest BCUT2D eigenvalue weighted by Gasteiger charge is 2.30. The number of aliphatic hydroxyl groups is 1. The predicted octanol–water partition coefficient (Wildman–Crippen LogP) is 26.6. The molecule has 6 atom stereocenters. The summed E-state index contributed by atoms with van der Waals surface area (Å²) in [5.74, 6) is -0.445. The molecule has 19 heteroatoms. The third kappa shape index (κ3) is 78.7. The molecule has 0 amide bonds. The molecule has 17 nitrogen and oxygen atoms in total. The molecule has 0 aliphatic heterocycles. The first kappa shape index (κ1) is 104. The largest absolute Gasteiger partial charge is 0.472 e. The summed E-state index contributed by atoms with van der Waals surface area (Å²) in [6.45, 7) is 9.73. The van der Waals surface area contributed by atoms with Crippen LogP contribution in [0.15, 0.2) is 0 Å². The van der Waals surface area contributed by atoms with Crippen molar-refractivity contribution in [3.05, 3.63) is 0 Å². The normalized spacial score (nSPS) is 14.1. The lowest BCUT2D eigenvalue weighted by atomic mass is 9.99. The maximum absolute atomic E-state index is 13.1. The summed E-state index contributed by atoms with van der Waals surface area (Å²) in [6, 6.07) is 0. The van der Waals surface area contributed by atoms with Crippen molar-refractivity contribution in [1.29, 1.82) is 0 Å². The molecular formula is C87H170O17P2. The van der Waals surface area contributed by atoms with E-state index in [1.54, 1.807) is 0 Å². The van der Waals surface area contributed by atoms with Crippen molar-refractivity contribution in [3.63, 3.8) is 0 Å². The molecule has 0 fully saturated rings. The molecule has 106 heavy (non-hydrogen) atoms. The molecule has 0 aromatic rings. The van der Waals surface area contributed by atoms with Crippen LogP contribution in [0.2, 0.25) is 0 Å². The second-order valence-corrected chi connectivity index (χ2v) is 34.9. The lowest BCUT2D eigenvalue weighted by molar-refractivity contribution is -0.161. The number of unbranched alkanes of at least 4 members (excludes halogenated alkanes) is 55. The van der Waals surface area contributed by atoms with Gasteiger partial charge in [0.15, 0.2) is 12.2 Å². The second-order valence-electron chi connectivity index (χ2n) is 32.0. The van der Waals surface area contributed by atoms with Crippen LogP contribution in [0.25, 0.3) is 0 Å². The smallest absolute Gasteiger partial charge is 0.462 e. The van der Waals surface area contributed by atoms with Gasteiger partial charge in [-0.05, 0) is 37.5 Å². The Bertz CT molecular complexity index is 2030. The van der Waals surface area contributed by atoms with Gasteiger partial charge >= 0.3 is 39.5 Å². The summed E-state index contributed by atoms with van der Waals surface area (Å²) >= 11 is 0. The van der Waals surface area contributed by atoms with Crippen LogP contribution in [0.4, 0.5) is 0 Å². The molecule has 0 bridgehead atoms. The Morgan fingerprint density at radius 2 is 0.481 bits per heavy atom. The molecule has 0 rings (SSSR count). The number of phosphoric acid groups is 2. The zero-order valence-electron chi connectivity index (χ0n) is 69.7. The Morgan fingerprint density at radius 3 is 0.717 bits per heavy atom. The van der Waals surface area contributed by atoms with Gasteiger partial charge in [-0.3, -0.25) is 37.3 Å². The Hall–Kier alpha value is -1.94. The molecule has 0 saturated carbocycles. The number of hydrogen-bond donors (Lipinski definition) is 3. The van der Waals surface area contributed by atoms with E-state index in [0.29, 0.717) is 25.7 Å². The van der Waals surface area contributed by atoms with Gasteiger partial charge in [0.2, 0.25) is 0 Å². The van der Waals surface area contributed by atoms with Crippen LogP contribution >= 0.6 is 15.6 Å². The molecule has 0 saturated heterocycles.